The van der Waals surface area contributed by atoms with Gasteiger partial charge in [-0.05, 0) is 61.1 Å². The lowest BCUT2D eigenvalue weighted by atomic mass is 9.78. The normalized spacial score (nSPS) is 19.0. The summed E-state index contributed by atoms with van der Waals surface area (Å²) in [6.07, 6.45) is 3.54. The molecule has 2 aromatic carbocycles. The molecular formula is C22H26N2OS. The third kappa shape index (κ3) is 3.97. The van der Waals surface area contributed by atoms with Crippen molar-refractivity contribution in [2.24, 2.45) is 5.41 Å². The lowest BCUT2D eigenvalue weighted by molar-refractivity contribution is 0.0607. The van der Waals surface area contributed by atoms with Crippen LogP contribution in [0.25, 0.3) is 0 Å². The maximum Gasteiger partial charge on any atom is 0.253 e. The number of carbonyl (C=O) groups excluding carboxylic acids is 1. The molecule has 0 radical (unpaired) electrons. The second-order valence-corrected chi connectivity index (χ2v) is 8.57. The summed E-state index contributed by atoms with van der Waals surface area (Å²) in [5.41, 5.74) is 2.59. The van der Waals surface area contributed by atoms with Crippen molar-refractivity contribution >= 4 is 17.7 Å². The monoisotopic (exact) mass is 366 g/mol. The molecule has 4 heteroatoms. The summed E-state index contributed by atoms with van der Waals surface area (Å²) in [6, 6.07) is 18.6. The molecule has 2 aliphatic heterocycles. The largest absolute Gasteiger partial charge is 0.339 e. The zero-order valence-corrected chi connectivity index (χ0v) is 15.9. The third-order valence-corrected chi connectivity index (χ3v) is 6.88. The molecule has 2 heterocycles. The van der Waals surface area contributed by atoms with E-state index in [-0.39, 0.29) is 5.91 Å². The molecule has 136 valence electrons. The number of hydrogen-bond acceptors (Lipinski definition) is 3. The number of amides is 1. The SMILES string of the molecule is O=C(c1ccc(SCc2ccccc2)cc1)N1CCC2(CCNC2)CC1. The fourth-order valence-electron chi connectivity index (χ4n) is 4.02. The number of rotatable bonds is 4. The zero-order chi connectivity index (χ0) is 17.8. The Hall–Kier alpha value is -1.78. The van der Waals surface area contributed by atoms with Gasteiger partial charge >= 0.3 is 0 Å². The van der Waals surface area contributed by atoms with E-state index in [2.05, 4.69) is 41.7 Å². The van der Waals surface area contributed by atoms with Crippen LogP contribution in [0.3, 0.4) is 0 Å². The van der Waals surface area contributed by atoms with Crippen molar-refractivity contribution in [2.75, 3.05) is 26.2 Å². The van der Waals surface area contributed by atoms with Crippen molar-refractivity contribution in [3.05, 3.63) is 65.7 Å². The highest BCUT2D eigenvalue weighted by atomic mass is 32.2. The number of nitrogens with zero attached hydrogens (tertiary/aromatic N) is 1. The van der Waals surface area contributed by atoms with Gasteiger partial charge in [0.2, 0.25) is 0 Å². The second-order valence-electron chi connectivity index (χ2n) is 7.52. The number of nitrogens with one attached hydrogen (secondary N) is 1. The van der Waals surface area contributed by atoms with Gasteiger partial charge in [-0.2, -0.15) is 0 Å². The first-order valence-electron chi connectivity index (χ1n) is 9.51. The topological polar surface area (TPSA) is 32.3 Å². The van der Waals surface area contributed by atoms with Gasteiger partial charge in [-0.3, -0.25) is 4.79 Å². The predicted octanol–water partition coefficient (Wildman–Crippen LogP) is 4.19. The van der Waals surface area contributed by atoms with Gasteiger partial charge < -0.3 is 10.2 Å². The molecule has 26 heavy (non-hydrogen) atoms. The maximum absolute atomic E-state index is 12.8. The zero-order valence-electron chi connectivity index (χ0n) is 15.1. The third-order valence-electron chi connectivity index (χ3n) is 5.79. The molecule has 2 fully saturated rings. The minimum Gasteiger partial charge on any atom is -0.339 e. The number of thioether (sulfide) groups is 1. The molecule has 1 amide bonds. The van der Waals surface area contributed by atoms with E-state index in [1.54, 1.807) is 0 Å². The molecular weight excluding hydrogens is 340 g/mol. The first kappa shape index (κ1) is 17.6. The predicted molar refractivity (Wildman–Crippen MR) is 108 cm³/mol. The van der Waals surface area contributed by atoms with Gasteiger partial charge in [-0.1, -0.05) is 30.3 Å². The summed E-state index contributed by atoms with van der Waals surface area (Å²) >= 11 is 1.81. The van der Waals surface area contributed by atoms with Crippen molar-refractivity contribution in [3.8, 4) is 0 Å². The summed E-state index contributed by atoms with van der Waals surface area (Å²) in [6.45, 7) is 4.05. The van der Waals surface area contributed by atoms with Crippen LogP contribution in [0.1, 0.15) is 35.2 Å². The van der Waals surface area contributed by atoms with Gasteiger partial charge in [-0.15, -0.1) is 11.8 Å². The second kappa shape index (κ2) is 7.85. The van der Waals surface area contributed by atoms with Crippen LogP contribution in [-0.4, -0.2) is 37.0 Å². The molecule has 2 aliphatic rings. The van der Waals surface area contributed by atoms with Crippen LogP contribution in [0, 0.1) is 5.41 Å². The molecule has 3 nitrogen and oxygen atoms in total. The van der Waals surface area contributed by atoms with Gasteiger partial charge in [0.1, 0.15) is 0 Å². The Balaban J connectivity index is 1.32. The molecule has 0 atom stereocenters. The molecule has 2 aromatic rings. The Morgan fingerprint density at radius 3 is 2.38 bits per heavy atom. The smallest absolute Gasteiger partial charge is 0.253 e. The van der Waals surface area contributed by atoms with Crippen LogP contribution >= 0.6 is 11.8 Å². The number of piperidine rings is 1. The van der Waals surface area contributed by atoms with E-state index in [9.17, 15) is 4.79 Å². The lowest BCUT2D eigenvalue weighted by Gasteiger charge is -2.38. The Morgan fingerprint density at radius 1 is 1.00 bits per heavy atom. The summed E-state index contributed by atoms with van der Waals surface area (Å²) in [7, 11) is 0. The van der Waals surface area contributed by atoms with Crippen molar-refractivity contribution in [1.29, 1.82) is 0 Å². The first-order chi connectivity index (χ1) is 12.7. The molecule has 0 saturated carbocycles. The average Bonchev–Trinajstić information content (AvgIpc) is 3.16. The fraction of sp³-hybridized carbons (Fsp3) is 0.409. The van der Waals surface area contributed by atoms with Gasteiger partial charge in [0.25, 0.3) is 5.91 Å². The molecule has 0 unspecified atom stereocenters. The summed E-state index contributed by atoms with van der Waals surface area (Å²) in [5, 5.41) is 3.48. The highest BCUT2D eigenvalue weighted by molar-refractivity contribution is 7.98. The average molecular weight is 367 g/mol. The number of likely N-dealkylation sites (tertiary alicyclic amines) is 1. The molecule has 4 rings (SSSR count). The Labute approximate surface area is 160 Å². The van der Waals surface area contributed by atoms with Crippen LogP contribution in [0.4, 0.5) is 0 Å². The van der Waals surface area contributed by atoms with E-state index >= 15 is 0 Å². The summed E-state index contributed by atoms with van der Waals surface area (Å²) in [4.78, 5) is 16.0. The number of benzene rings is 2. The van der Waals surface area contributed by atoms with Crippen molar-refractivity contribution in [1.82, 2.24) is 10.2 Å². The maximum atomic E-state index is 12.8. The van der Waals surface area contributed by atoms with Gasteiger partial charge in [-0.25, -0.2) is 0 Å². The molecule has 1 N–H and O–H groups in total. The lowest BCUT2D eigenvalue weighted by Crippen LogP contribution is -2.44. The highest BCUT2D eigenvalue weighted by Crippen LogP contribution is 2.37. The summed E-state index contributed by atoms with van der Waals surface area (Å²) in [5.74, 6) is 1.14. The quantitative estimate of drug-likeness (QED) is 0.824. The Kier molecular flexibility index (Phi) is 5.32. The van der Waals surface area contributed by atoms with Gasteiger partial charge in [0.15, 0.2) is 0 Å². The number of hydrogen-bond donors (Lipinski definition) is 1. The Bertz CT molecular complexity index is 728. The van der Waals surface area contributed by atoms with Gasteiger partial charge in [0.05, 0.1) is 0 Å². The van der Waals surface area contributed by atoms with E-state index in [1.165, 1.54) is 16.9 Å². The van der Waals surface area contributed by atoms with E-state index in [4.69, 9.17) is 0 Å². The van der Waals surface area contributed by atoms with Crippen LogP contribution in [-0.2, 0) is 5.75 Å². The molecule has 2 saturated heterocycles. The fourth-order valence-corrected chi connectivity index (χ4v) is 4.88. The minimum absolute atomic E-state index is 0.186. The van der Waals surface area contributed by atoms with Crippen LogP contribution < -0.4 is 5.32 Å². The summed E-state index contributed by atoms with van der Waals surface area (Å²) < 4.78 is 0. The van der Waals surface area contributed by atoms with Crippen LogP contribution in [0.15, 0.2) is 59.5 Å². The molecule has 0 bridgehead atoms. The van der Waals surface area contributed by atoms with Crippen molar-refractivity contribution in [2.45, 2.75) is 29.9 Å². The van der Waals surface area contributed by atoms with E-state index in [0.29, 0.717) is 5.41 Å². The van der Waals surface area contributed by atoms with Gasteiger partial charge in [0, 0.05) is 35.8 Å². The molecule has 1 spiro atoms. The number of carbonyl (C=O) groups is 1. The van der Waals surface area contributed by atoms with E-state index < -0.39 is 0 Å². The minimum atomic E-state index is 0.186. The van der Waals surface area contributed by atoms with Crippen molar-refractivity contribution < 1.29 is 4.79 Å². The standard InChI is InChI=1S/C22H26N2OS/c25-21(24-14-11-22(12-15-24)10-13-23-17-22)19-6-8-20(9-7-19)26-16-18-4-2-1-3-5-18/h1-9,23H,10-17H2. The highest BCUT2D eigenvalue weighted by Gasteiger charge is 2.38. The molecule has 0 aromatic heterocycles. The van der Waals surface area contributed by atoms with E-state index in [1.807, 2.05) is 34.9 Å². The van der Waals surface area contributed by atoms with Crippen LogP contribution in [0.5, 0.6) is 0 Å². The van der Waals surface area contributed by atoms with Crippen LogP contribution in [0.2, 0.25) is 0 Å². The van der Waals surface area contributed by atoms with E-state index in [0.717, 1.165) is 50.3 Å². The Morgan fingerprint density at radius 2 is 1.73 bits per heavy atom. The first-order valence-corrected chi connectivity index (χ1v) is 10.5. The molecule has 0 aliphatic carbocycles. The van der Waals surface area contributed by atoms with Crippen molar-refractivity contribution in [3.63, 3.8) is 0 Å².